The van der Waals surface area contributed by atoms with Crippen molar-refractivity contribution in [2.75, 3.05) is 0 Å². The smallest absolute Gasteiger partial charge is 0.420 e. The minimum atomic E-state index is -4.61. The summed E-state index contributed by atoms with van der Waals surface area (Å²) in [4.78, 5) is 3.94. The highest BCUT2D eigenvalue weighted by Crippen LogP contribution is 2.37. The van der Waals surface area contributed by atoms with Crippen LogP contribution in [0.2, 0.25) is 5.02 Å². The lowest BCUT2D eigenvalue weighted by atomic mass is 10.1. The van der Waals surface area contributed by atoms with E-state index in [1.54, 1.807) is 12.1 Å². The van der Waals surface area contributed by atoms with Crippen molar-refractivity contribution >= 4 is 11.6 Å². The lowest BCUT2D eigenvalue weighted by Crippen LogP contribution is -2.09. The fourth-order valence-corrected chi connectivity index (χ4v) is 1.81. The summed E-state index contributed by atoms with van der Waals surface area (Å²) in [6.45, 7) is -0.157. The minimum Gasteiger partial charge on any atom is -0.487 e. The maximum Gasteiger partial charge on any atom is 0.420 e. The van der Waals surface area contributed by atoms with E-state index in [1.807, 2.05) is 0 Å². The largest absolute Gasteiger partial charge is 0.487 e. The van der Waals surface area contributed by atoms with Crippen LogP contribution in [0.15, 0.2) is 36.5 Å². The Morgan fingerprint density at radius 3 is 2.62 bits per heavy atom. The quantitative estimate of drug-likeness (QED) is 0.853. The van der Waals surface area contributed by atoms with Gasteiger partial charge in [0.1, 0.15) is 12.4 Å². The van der Waals surface area contributed by atoms with E-state index in [4.69, 9.17) is 21.6 Å². The van der Waals surface area contributed by atoms with E-state index in [9.17, 15) is 13.2 Å². The van der Waals surface area contributed by atoms with Crippen LogP contribution in [-0.2, 0) is 12.8 Å². The Morgan fingerprint density at radius 1 is 1.24 bits per heavy atom. The predicted molar refractivity (Wildman–Crippen MR) is 69.7 cm³/mol. The fourth-order valence-electron chi connectivity index (χ4n) is 1.63. The average Bonchev–Trinajstić information content (AvgIpc) is 2.44. The second kappa shape index (κ2) is 6.02. The molecule has 0 radical (unpaired) electrons. The van der Waals surface area contributed by atoms with Crippen LogP contribution in [0.25, 0.3) is 0 Å². The molecule has 1 aromatic heterocycles. The number of benzene rings is 1. The van der Waals surface area contributed by atoms with Gasteiger partial charge in [-0.1, -0.05) is 11.6 Å². The first-order valence-electron chi connectivity index (χ1n) is 5.75. The highest BCUT2D eigenvalue weighted by Gasteiger charge is 2.34. The van der Waals surface area contributed by atoms with Crippen molar-refractivity contribution in [2.24, 2.45) is 0 Å². The van der Waals surface area contributed by atoms with Crippen molar-refractivity contribution in [3.8, 4) is 11.8 Å². The first-order chi connectivity index (χ1) is 9.90. The Labute approximate surface area is 123 Å². The normalized spacial score (nSPS) is 11.0. The van der Waals surface area contributed by atoms with Gasteiger partial charge in [-0.15, -0.1) is 0 Å². The summed E-state index contributed by atoms with van der Waals surface area (Å²) in [5.74, 6) is -0.358. The summed E-state index contributed by atoms with van der Waals surface area (Å²) in [7, 11) is 0. The molecule has 0 aliphatic heterocycles. The molecular weight excluding hydrogens is 305 g/mol. The van der Waals surface area contributed by atoms with Gasteiger partial charge >= 0.3 is 6.18 Å². The number of pyridine rings is 1. The summed E-state index contributed by atoms with van der Waals surface area (Å²) in [5, 5.41) is 9.09. The van der Waals surface area contributed by atoms with Gasteiger partial charge < -0.3 is 4.74 Å². The van der Waals surface area contributed by atoms with Crippen LogP contribution in [-0.4, -0.2) is 4.98 Å². The number of nitriles is 1. The Kier molecular flexibility index (Phi) is 4.34. The summed E-state index contributed by atoms with van der Waals surface area (Å²) in [6.07, 6.45) is -3.17. The molecule has 0 spiro atoms. The van der Waals surface area contributed by atoms with Gasteiger partial charge in [-0.25, -0.2) is 0 Å². The Hall–Kier alpha value is -2.26. The first-order valence-corrected chi connectivity index (χ1v) is 6.12. The highest BCUT2D eigenvalue weighted by atomic mass is 35.5. The summed E-state index contributed by atoms with van der Waals surface area (Å²) in [6, 6.07) is 7.84. The van der Waals surface area contributed by atoms with Gasteiger partial charge in [0.25, 0.3) is 0 Å². The third kappa shape index (κ3) is 3.86. The molecule has 2 aromatic rings. The standard InChI is InChI=1S/C14H8ClF3N2O/c15-10-3-4-20-11(6-10)8-21-13-2-1-9(7-19)5-12(13)14(16,17)18/h1-6H,8H2. The SMILES string of the molecule is N#Cc1ccc(OCc2cc(Cl)ccn2)c(C(F)(F)F)c1. The van der Waals surface area contributed by atoms with Crippen LogP contribution in [0.1, 0.15) is 16.8 Å². The molecule has 1 heterocycles. The predicted octanol–water partition coefficient (Wildman–Crippen LogP) is 4.20. The minimum absolute atomic E-state index is 0.0874. The summed E-state index contributed by atoms with van der Waals surface area (Å²) >= 11 is 5.76. The van der Waals surface area contributed by atoms with E-state index in [2.05, 4.69) is 4.98 Å². The molecule has 1 aromatic carbocycles. The maximum atomic E-state index is 12.9. The zero-order chi connectivity index (χ0) is 15.5. The van der Waals surface area contributed by atoms with Gasteiger partial charge in [-0.3, -0.25) is 4.98 Å². The molecule has 0 aliphatic rings. The van der Waals surface area contributed by atoms with Crippen LogP contribution in [0.3, 0.4) is 0 Å². The molecule has 0 unspecified atom stereocenters. The second-order valence-electron chi connectivity index (χ2n) is 4.07. The Bertz CT molecular complexity index is 695. The zero-order valence-electron chi connectivity index (χ0n) is 10.5. The molecule has 0 saturated carbocycles. The van der Waals surface area contributed by atoms with Crippen molar-refractivity contribution in [1.29, 1.82) is 5.26 Å². The van der Waals surface area contributed by atoms with Gasteiger partial charge in [0.15, 0.2) is 0 Å². The number of rotatable bonds is 3. The number of alkyl halides is 3. The molecule has 0 N–H and O–H groups in total. The number of hydrogen-bond acceptors (Lipinski definition) is 3. The van der Waals surface area contributed by atoms with Crippen LogP contribution < -0.4 is 4.74 Å². The van der Waals surface area contributed by atoms with E-state index in [-0.39, 0.29) is 17.9 Å². The van der Waals surface area contributed by atoms with E-state index < -0.39 is 11.7 Å². The lowest BCUT2D eigenvalue weighted by Gasteiger charge is -2.14. The molecule has 0 fully saturated rings. The number of halogens is 4. The van der Waals surface area contributed by atoms with E-state index in [1.165, 1.54) is 18.3 Å². The van der Waals surface area contributed by atoms with E-state index in [0.717, 1.165) is 12.1 Å². The fraction of sp³-hybridized carbons (Fsp3) is 0.143. The van der Waals surface area contributed by atoms with Gasteiger partial charge in [0, 0.05) is 11.2 Å². The maximum absolute atomic E-state index is 12.9. The molecule has 0 amide bonds. The molecule has 0 aliphatic carbocycles. The van der Waals surface area contributed by atoms with Crippen LogP contribution in [0.5, 0.6) is 5.75 Å². The molecule has 0 bridgehead atoms. The molecule has 3 nitrogen and oxygen atoms in total. The third-order valence-electron chi connectivity index (χ3n) is 2.57. The van der Waals surface area contributed by atoms with Crippen molar-refractivity contribution in [2.45, 2.75) is 12.8 Å². The number of nitrogens with zero attached hydrogens (tertiary/aromatic N) is 2. The molecule has 21 heavy (non-hydrogen) atoms. The number of aromatic nitrogens is 1. The van der Waals surface area contributed by atoms with Crippen molar-refractivity contribution in [1.82, 2.24) is 4.98 Å². The molecule has 0 atom stereocenters. The van der Waals surface area contributed by atoms with Crippen molar-refractivity contribution < 1.29 is 17.9 Å². The monoisotopic (exact) mass is 312 g/mol. The lowest BCUT2D eigenvalue weighted by molar-refractivity contribution is -0.139. The average molecular weight is 313 g/mol. The molecular formula is C14H8ClF3N2O. The zero-order valence-corrected chi connectivity index (χ0v) is 11.2. The van der Waals surface area contributed by atoms with Crippen molar-refractivity contribution in [3.05, 3.63) is 58.4 Å². The Balaban J connectivity index is 2.26. The number of hydrogen-bond donors (Lipinski definition) is 0. The van der Waals surface area contributed by atoms with Crippen LogP contribution in [0, 0.1) is 11.3 Å². The molecule has 7 heteroatoms. The number of ether oxygens (including phenoxy) is 1. The van der Waals surface area contributed by atoms with Crippen molar-refractivity contribution in [3.63, 3.8) is 0 Å². The third-order valence-corrected chi connectivity index (χ3v) is 2.80. The second-order valence-corrected chi connectivity index (χ2v) is 4.51. The van der Waals surface area contributed by atoms with E-state index >= 15 is 0 Å². The first kappa shape index (κ1) is 15.1. The van der Waals surface area contributed by atoms with E-state index in [0.29, 0.717) is 10.7 Å². The highest BCUT2D eigenvalue weighted by molar-refractivity contribution is 6.30. The van der Waals surface area contributed by atoms with Crippen LogP contribution >= 0.6 is 11.6 Å². The molecule has 108 valence electrons. The van der Waals surface area contributed by atoms with Gasteiger partial charge in [-0.05, 0) is 30.3 Å². The van der Waals surface area contributed by atoms with Crippen LogP contribution in [0.4, 0.5) is 13.2 Å². The van der Waals surface area contributed by atoms with Gasteiger partial charge in [0.2, 0.25) is 0 Å². The molecule has 0 saturated heterocycles. The topological polar surface area (TPSA) is 45.9 Å². The Morgan fingerprint density at radius 2 is 2.00 bits per heavy atom. The summed E-state index contributed by atoms with van der Waals surface area (Å²) in [5.41, 5.74) is -0.681. The van der Waals surface area contributed by atoms with Gasteiger partial charge in [-0.2, -0.15) is 18.4 Å². The summed E-state index contributed by atoms with van der Waals surface area (Å²) < 4.78 is 43.9. The van der Waals surface area contributed by atoms with Gasteiger partial charge in [0.05, 0.1) is 22.9 Å². The molecule has 2 rings (SSSR count).